The number of nitrogens with two attached hydrogens (primary N) is 1. The zero-order valence-corrected chi connectivity index (χ0v) is 9.58. The highest BCUT2D eigenvalue weighted by Crippen LogP contribution is 2.16. The summed E-state index contributed by atoms with van der Waals surface area (Å²) < 4.78 is 25.2. The lowest BCUT2D eigenvalue weighted by molar-refractivity contribution is 0.587. The second-order valence-corrected chi connectivity index (χ2v) is 5.06. The fraction of sp³-hybridized carbons (Fsp3) is 0.444. The Labute approximate surface area is 89.8 Å². The van der Waals surface area contributed by atoms with Crippen LogP contribution in [0, 0.1) is 0 Å². The van der Waals surface area contributed by atoms with E-state index < -0.39 is 10.0 Å². The van der Waals surface area contributed by atoms with Gasteiger partial charge in [0.25, 0.3) is 0 Å². The summed E-state index contributed by atoms with van der Waals surface area (Å²) >= 11 is 0. The van der Waals surface area contributed by atoms with Gasteiger partial charge >= 0.3 is 0 Å². The van der Waals surface area contributed by atoms with Crippen molar-refractivity contribution in [3.05, 3.63) is 24.0 Å². The third-order valence-electron chi connectivity index (χ3n) is 2.18. The minimum Gasteiger partial charge on any atom is -0.324 e. The summed E-state index contributed by atoms with van der Waals surface area (Å²) in [6.07, 6.45) is 3.63. The van der Waals surface area contributed by atoms with Gasteiger partial charge in [0.05, 0.1) is 0 Å². The molecule has 0 fully saturated rings. The number of aromatic nitrogens is 1. The monoisotopic (exact) mass is 229 g/mol. The van der Waals surface area contributed by atoms with Crippen LogP contribution in [0.1, 0.15) is 24.9 Å². The van der Waals surface area contributed by atoms with Crippen LogP contribution in [0.5, 0.6) is 0 Å². The van der Waals surface area contributed by atoms with Gasteiger partial charge in [-0.25, -0.2) is 13.1 Å². The third kappa shape index (κ3) is 2.74. The highest BCUT2D eigenvalue weighted by molar-refractivity contribution is 7.89. The van der Waals surface area contributed by atoms with E-state index >= 15 is 0 Å². The zero-order valence-electron chi connectivity index (χ0n) is 8.77. The van der Waals surface area contributed by atoms with Gasteiger partial charge in [-0.15, -0.1) is 0 Å². The summed E-state index contributed by atoms with van der Waals surface area (Å²) in [5, 5.41) is 0. The molecular formula is C9H15N3O2S. The molecule has 84 valence electrons. The van der Waals surface area contributed by atoms with Gasteiger partial charge in [0, 0.05) is 18.4 Å². The van der Waals surface area contributed by atoms with E-state index in [4.69, 9.17) is 5.73 Å². The van der Waals surface area contributed by atoms with Crippen molar-refractivity contribution in [2.75, 3.05) is 7.05 Å². The quantitative estimate of drug-likeness (QED) is 0.782. The molecule has 1 unspecified atom stereocenters. The number of nitrogens with zero attached hydrogens (tertiary/aromatic N) is 1. The fourth-order valence-corrected chi connectivity index (χ4v) is 1.87. The van der Waals surface area contributed by atoms with Gasteiger partial charge in [-0.05, 0) is 25.1 Å². The predicted octanol–water partition coefficient (Wildman–Crippen LogP) is 0.400. The molecule has 1 atom stereocenters. The second-order valence-electron chi connectivity index (χ2n) is 3.18. The first kappa shape index (κ1) is 12.1. The Bertz CT molecular complexity index is 431. The van der Waals surface area contributed by atoms with Gasteiger partial charge in [0.15, 0.2) is 0 Å². The van der Waals surface area contributed by atoms with Crippen molar-refractivity contribution in [2.45, 2.75) is 24.3 Å². The minimum atomic E-state index is -3.43. The van der Waals surface area contributed by atoms with Crippen molar-refractivity contribution < 1.29 is 8.42 Å². The Balaban J connectivity index is 3.14. The third-order valence-corrected chi connectivity index (χ3v) is 3.56. The molecule has 0 spiro atoms. The lowest BCUT2D eigenvalue weighted by atomic mass is 10.1. The van der Waals surface area contributed by atoms with Crippen LogP contribution in [0.2, 0.25) is 0 Å². The molecule has 3 N–H and O–H groups in total. The van der Waals surface area contributed by atoms with Gasteiger partial charge in [-0.2, -0.15) is 0 Å². The predicted molar refractivity (Wildman–Crippen MR) is 57.7 cm³/mol. The summed E-state index contributed by atoms with van der Waals surface area (Å²) in [6.45, 7) is 1.93. The fourth-order valence-electron chi connectivity index (χ4n) is 1.14. The maximum Gasteiger partial charge on any atom is 0.241 e. The second kappa shape index (κ2) is 4.69. The lowest BCUT2D eigenvalue weighted by Gasteiger charge is -2.10. The molecule has 1 aromatic heterocycles. The Hall–Kier alpha value is -0.980. The maximum absolute atomic E-state index is 11.5. The molecule has 0 aliphatic rings. The Morgan fingerprint density at radius 1 is 1.53 bits per heavy atom. The number of pyridine rings is 1. The van der Waals surface area contributed by atoms with Gasteiger partial charge < -0.3 is 5.73 Å². The summed E-state index contributed by atoms with van der Waals surface area (Å²) in [5.74, 6) is 0. The normalized spacial score (nSPS) is 13.8. The van der Waals surface area contributed by atoms with Crippen LogP contribution in [0.4, 0.5) is 0 Å². The van der Waals surface area contributed by atoms with Gasteiger partial charge in [0.2, 0.25) is 10.0 Å². The number of rotatable bonds is 4. The molecule has 0 aliphatic carbocycles. The summed E-state index contributed by atoms with van der Waals surface area (Å²) in [5.41, 5.74) is 6.52. The van der Waals surface area contributed by atoms with E-state index in [9.17, 15) is 8.42 Å². The van der Waals surface area contributed by atoms with Crippen LogP contribution in [0.3, 0.4) is 0 Å². The first-order valence-electron chi connectivity index (χ1n) is 4.65. The van der Waals surface area contributed by atoms with Crippen molar-refractivity contribution in [3.63, 3.8) is 0 Å². The van der Waals surface area contributed by atoms with Gasteiger partial charge in [-0.1, -0.05) is 6.92 Å². The Morgan fingerprint density at radius 2 is 2.20 bits per heavy atom. The van der Waals surface area contributed by atoms with Crippen LogP contribution in [-0.2, 0) is 10.0 Å². The van der Waals surface area contributed by atoms with E-state index in [1.54, 1.807) is 12.3 Å². The number of hydrogen-bond acceptors (Lipinski definition) is 4. The highest BCUT2D eigenvalue weighted by Gasteiger charge is 2.13. The molecule has 1 rings (SSSR count). The smallest absolute Gasteiger partial charge is 0.241 e. The largest absolute Gasteiger partial charge is 0.324 e. The molecular weight excluding hydrogens is 214 g/mol. The van der Waals surface area contributed by atoms with Gasteiger partial charge in [0.1, 0.15) is 4.90 Å². The van der Waals surface area contributed by atoms with Crippen LogP contribution >= 0.6 is 0 Å². The number of sulfonamides is 1. The van der Waals surface area contributed by atoms with Crippen LogP contribution in [0.25, 0.3) is 0 Å². The van der Waals surface area contributed by atoms with E-state index in [-0.39, 0.29) is 10.9 Å². The summed E-state index contributed by atoms with van der Waals surface area (Å²) in [6, 6.07) is 1.37. The molecule has 0 aliphatic heterocycles. The molecule has 5 nitrogen and oxygen atoms in total. The van der Waals surface area contributed by atoms with E-state index in [1.807, 2.05) is 6.92 Å². The molecule has 1 aromatic rings. The molecule has 0 amide bonds. The molecule has 1 heterocycles. The molecule has 6 heteroatoms. The molecule has 0 saturated carbocycles. The Kier molecular flexibility index (Phi) is 3.78. The van der Waals surface area contributed by atoms with E-state index in [1.165, 1.54) is 13.2 Å². The average Bonchev–Trinajstić information content (AvgIpc) is 2.28. The molecule has 0 bridgehead atoms. The van der Waals surface area contributed by atoms with Crippen molar-refractivity contribution in [2.24, 2.45) is 5.73 Å². The standard InChI is InChI=1S/C9H15N3O2S/c1-3-9(10)7-4-8(6-12-5-7)15(13,14)11-2/h4-6,9,11H,3,10H2,1-2H3. The minimum absolute atomic E-state index is 0.145. The topological polar surface area (TPSA) is 85.1 Å². The van der Waals surface area contributed by atoms with Crippen molar-refractivity contribution >= 4 is 10.0 Å². The van der Waals surface area contributed by atoms with Gasteiger partial charge in [-0.3, -0.25) is 4.98 Å². The van der Waals surface area contributed by atoms with Crippen molar-refractivity contribution in [3.8, 4) is 0 Å². The maximum atomic E-state index is 11.5. The average molecular weight is 229 g/mol. The van der Waals surface area contributed by atoms with Crippen LogP contribution in [0.15, 0.2) is 23.4 Å². The molecule has 15 heavy (non-hydrogen) atoms. The first-order chi connectivity index (χ1) is 7.01. The lowest BCUT2D eigenvalue weighted by Crippen LogP contribution is -2.19. The molecule has 0 radical (unpaired) electrons. The van der Waals surface area contributed by atoms with E-state index in [2.05, 4.69) is 9.71 Å². The first-order valence-corrected chi connectivity index (χ1v) is 6.13. The van der Waals surface area contributed by atoms with E-state index in [0.29, 0.717) is 0 Å². The Morgan fingerprint density at radius 3 is 2.73 bits per heavy atom. The SMILES string of the molecule is CCC(N)c1cncc(S(=O)(=O)NC)c1. The van der Waals surface area contributed by atoms with Crippen LogP contribution in [-0.4, -0.2) is 20.4 Å². The van der Waals surface area contributed by atoms with Crippen molar-refractivity contribution in [1.82, 2.24) is 9.71 Å². The summed E-state index contributed by atoms with van der Waals surface area (Å²) in [7, 11) is -2.07. The highest BCUT2D eigenvalue weighted by atomic mass is 32.2. The number of hydrogen-bond donors (Lipinski definition) is 2. The van der Waals surface area contributed by atoms with Crippen molar-refractivity contribution in [1.29, 1.82) is 0 Å². The zero-order chi connectivity index (χ0) is 11.5. The summed E-state index contributed by atoms with van der Waals surface area (Å²) in [4.78, 5) is 4.01. The van der Waals surface area contributed by atoms with E-state index in [0.717, 1.165) is 12.0 Å². The molecule has 0 saturated heterocycles. The molecule has 0 aromatic carbocycles. The van der Waals surface area contributed by atoms with Crippen LogP contribution < -0.4 is 10.5 Å². The number of nitrogens with one attached hydrogen (secondary N) is 1.